The van der Waals surface area contributed by atoms with Crippen LogP contribution >= 0.6 is 11.3 Å². The van der Waals surface area contributed by atoms with E-state index in [1.165, 1.54) is 23.4 Å². The second-order valence-corrected chi connectivity index (χ2v) is 6.16. The molecule has 108 valence electrons. The van der Waals surface area contributed by atoms with Gasteiger partial charge in [0.2, 0.25) is 0 Å². The standard InChI is InChI=1S/C15H26N2OS/c1-4-7-17-8-9-18-13(11-17)14(16-5-2)15-12(3)6-10-19-15/h6,10,13-14,16H,4-5,7-9,11H2,1-3H3. The first-order valence-corrected chi connectivity index (χ1v) is 8.25. The van der Waals surface area contributed by atoms with Gasteiger partial charge in [0.25, 0.3) is 0 Å². The van der Waals surface area contributed by atoms with E-state index in [4.69, 9.17) is 4.74 Å². The minimum absolute atomic E-state index is 0.276. The summed E-state index contributed by atoms with van der Waals surface area (Å²) in [6, 6.07) is 2.54. The smallest absolute Gasteiger partial charge is 0.0905 e. The molecule has 2 atom stereocenters. The summed E-state index contributed by atoms with van der Waals surface area (Å²) in [4.78, 5) is 3.96. The lowest BCUT2D eigenvalue weighted by atomic mass is 10.0. The van der Waals surface area contributed by atoms with Gasteiger partial charge in [0.1, 0.15) is 0 Å². The van der Waals surface area contributed by atoms with Crippen LogP contribution in [0.1, 0.15) is 36.8 Å². The van der Waals surface area contributed by atoms with Gasteiger partial charge < -0.3 is 10.1 Å². The molecule has 0 saturated carbocycles. The molecule has 1 aromatic heterocycles. The predicted molar refractivity (Wildman–Crippen MR) is 81.9 cm³/mol. The normalized spacial score (nSPS) is 22.6. The van der Waals surface area contributed by atoms with Crippen molar-refractivity contribution >= 4 is 11.3 Å². The van der Waals surface area contributed by atoms with Crippen LogP contribution in [-0.2, 0) is 4.74 Å². The van der Waals surface area contributed by atoms with Gasteiger partial charge in [-0.25, -0.2) is 0 Å². The third-order valence-corrected chi connectivity index (χ3v) is 4.80. The van der Waals surface area contributed by atoms with E-state index >= 15 is 0 Å². The molecule has 1 aliphatic heterocycles. The fraction of sp³-hybridized carbons (Fsp3) is 0.733. The zero-order valence-electron chi connectivity index (χ0n) is 12.3. The van der Waals surface area contributed by atoms with Gasteiger partial charge >= 0.3 is 0 Å². The maximum absolute atomic E-state index is 6.05. The lowest BCUT2D eigenvalue weighted by molar-refractivity contribution is -0.0463. The maximum atomic E-state index is 6.05. The third-order valence-electron chi connectivity index (χ3n) is 3.70. The molecular formula is C15H26N2OS. The molecule has 0 bridgehead atoms. The van der Waals surface area contributed by atoms with Gasteiger partial charge in [-0.2, -0.15) is 0 Å². The van der Waals surface area contributed by atoms with Crippen molar-refractivity contribution in [3.8, 4) is 0 Å². The molecular weight excluding hydrogens is 256 g/mol. The van der Waals surface area contributed by atoms with Crippen LogP contribution in [0.25, 0.3) is 0 Å². The van der Waals surface area contributed by atoms with Crippen molar-refractivity contribution in [2.24, 2.45) is 0 Å². The summed E-state index contributed by atoms with van der Waals surface area (Å²) < 4.78 is 6.05. The van der Waals surface area contributed by atoms with Crippen LogP contribution in [0, 0.1) is 6.92 Å². The molecule has 0 aromatic carbocycles. The number of rotatable bonds is 6. The molecule has 1 aliphatic rings. The Kier molecular flexibility index (Phi) is 5.82. The Bertz CT molecular complexity index is 378. The van der Waals surface area contributed by atoms with Crippen LogP contribution in [0.5, 0.6) is 0 Å². The molecule has 0 spiro atoms. The van der Waals surface area contributed by atoms with Crippen LogP contribution in [0.2, 0.25) is 0 Å². The quantitative estimate of drug-likeness (QED) is 0.868. The molecule has 0 aliphatic carbocycles. The minimum Gasteiger partial charge on any atom is -0.374 e. The molecule has 1 fully saturated rings. The van der Waals surface area contributed by atoms with E-state index in [0.717, 1.165) is 26.2 Å². The molecule has 2 heterocycles. The Morgan fingerprint density at radius 3 is 3.00 bits per heavy atom. The highest BCUT2D eigenvalue weighted by Gasteiger charge is 2.29. The number of nitrogens with zero attached hydrogens (tertiary/aromatic N) is 1. The number of ether oxygens (including phenoxy) is 1. The average molecular weight is 282 g/mol. The predicted octanol–water partition coefficient (Wildman–Crippen LogP) is 2.82. The molecule has 2 rings (SSSR count). The van der Waals surface area contributed by atoms with Crippen LogP contribution in [0.15, 0.2) is 11.4 Å². The van der Waals surface area contributed by atoms with Crippen molar-refractivity contribution in [2.45, 2.75) is 39.3 Å². The molecule has 0 radical (unpaired) electrons. The molecule has 1 saturated heterocycles. The van der Waals surface area contributed by atoms with Crippen molar-refractivity contribution in [3.63, 3.8) is 0 Å². The Morgan fingerprint density at radius 2 is 2.37 bits per heavy atom. The Labute approximate surface area is 121 Å². The van der Waals surface area contributed by atoms with Gasteiger partial charge in [0, 0.05) is 18.0 Å². The van der Waals surface area contributed by atoms with Gasteiger partial charge in [-0.15, -0.1) is 11.3 Å². The fourth-order valence-electron chi connectivity index (χ4n) is 2.77. The van der Waals surface area contributed by atoms with E-state index in [2.05, 4.69) is 42.4 Å². The summed E-state index contributed by atoms with van der Waals surface area (Å²) in [5.74, 6) is 0. The van der Waals surface area contributed by atoms with Crippen LogP contribution in [-0.4, -0.2) is 43.8 Å². The van der Waals surface area contributed by atoms with Crippen molar-refractivity contribution < 1.29 is 4.74 Å². The first-order valence-electron chi connectivity index (χ1n) is 7.37. The van der Waals surface area contributed by atoms with Gasteiger partial charge in [-0.1, -0.05) is 13.8 Å². The number of hydrogen-bond donors (Lipinski definition) is 1. The molecule has 4 heteroatoms. The van der Waals surface area contributed by atoms with Crippen molar-refractivity contribution in [2.75, 3.05) is 32.8 Å². The van der Waals surface area contributed by atoms with Crippen molar-refractivity contribution in [1.29, 1.82) is 0 Å². The second kappa shape index (κ2) is 7.39. The summed E-state index contributed by atoms with van der Waals surface area (Å²) in [5, 5.41) is 5.80. The lowest BCUT2D eigenvalue weighted by Crippen LogP contribution is -2.48. The molecule has 3 nitrogen and oxygen atoms in total. The van der Waals surface area contributed by atoms with Gasteiger partial charge in [-0.05, 0) is 43.4 Å². The zero-order valence-corrected chi connectivity index (χ0v) is 13.1. The van der Waals surface area contributed by atoms with Crippen LogP contribution in [0.4, 0.5) is 0 Å². The molecule has 1 aromatic rings. The van der Waals surface area contributed by atoms with E-state index < -0.39 is 0 Å². The van der Waals surface area contributed by atoms with Gasteiger partial charge in [-0.3, -0.25) is 4.90 Å². The highest BCUT2D eigenvalue weighted by atomic mass is 32.1. The number of morpholine rings is 1. The fourth-order valence-corrected chi connectivity index (χ4v) is 3.82. The van der Waals surface area contributed by atoms with Crippen LogP contribution < -0.4 is 5.32 Å². The molecule has 2 unspecified atom stereocenters. The number of thiophene rings is 1. The van der Waals surface area contributed by atoms with Gasteiger partial charge in [0.15, 0.2) is 0 Å². The summed E-state index contributed by atoms with van der Waals surface area (Å²) in [6.45, 7) is 11.8. The summed E-state index contributed by atoms with van der Waals surface area (Å²) in [7, 11) is 0. The van der Waals surface area contributed by atoms with E-state index in [0.29, 0.717) is 6.04 Å². The third kappa shape index (κ3) is 3.78. The Morgan fingerprint density at radius 1 is 1.53 bits per heavy atom. The Balaban J connectivity index is 2.08. The minimum atomic E-state index is 0.276. The second-order valence-electron chi connectivity index (χ2n) is 5.21. The molecule has 1 N–H and O–H groups in total. The number of likely N-dealkylation sites (N-methyl/N-ethyl adjacent to an activating group) is 1. The van der Waals surface area contributed by atoms with E-state index in [1.807, 2.05) is 11.3 Å². The topological polar surface area (TPSA) is 24.5 Å². The highest BCUT2D eigenvalue weighted by Crippen LogP contribution is 2.29. The SMILES string of the molecule is CCCN1CCOC(C(NCC)c2sccc2C)C1. The monoisotopic (exact) mass is 282 g/mol. The Hall–Kier alpha value is -0.420. The summed E-state index contributed by atoms with van der Waals surface area (Å²) in [6.07, 6.45) is 1.49. The summed E-state index contributed by atoms with van der Waals surface area (Å²) >= 11 is 1.84. The van der Waals surface area contributed by atoms with Crippen molar-refractivity contribution in [1.82, 2.24) is 10.2 Å². The van der Waals surface area contributed by atoms with Crippen LogP contribution in [0.3, 0.4) is 0 Å². The zero-order chi connectivity index (χ0) is 13.7. The van der Waals surface area contributed by atoms with Crippen molar-refractivity contribution in [3.05, 3.63) is 21.9 Å². The number of nitrogens with one attached hydrogen (secondary N) is 1. The first kappa shape index (κ1) is 15.0. The van der Waals surface area contributed by atoms with Gasteiger partial charge in [0.05, 0.1) is 18.8 Å². The number of hydrogen-bond acceptors (Lipinski definition) is 4. The maximum Gasteiger partial charge on any atom is 0.0905 e. The van der Waals surface area contributed by atoms with E-state index in [1.54, 1.807) is 0 Å². The lowest BCUT2D eigenvalue weighted by Gasteiger charge is -2.37. The average Bonchev–Trinajstić information content (AvgIpc) is 2.83. The largest absolute Gasteiger partial charge is 0.374 e. The molecule has 0 amide bonds. The summed E-state index contributed by atoms with van der Waals surface area (Å²) in [5.41, 5.74) is 1.38. The number of aryl methyl sites for hydroxylation is 1. The van der Waals surface area contributed by atoms with E-state index in [9.17, 15) is 0 Å². The van der Waals surface area contributed by atoms with E-state index in [-0.39, 0.29) is 6.10 Å². The molecule has 19 heavy (non-hydrogen) atoms. The highest BCUT2D eigenvalue weighted by molar-refractivity contribution is 7.10. The first-order chi connectivity index (χ1) is 9.26.